The van der Waals surface area contributed by atoms with Crippen molar-refractivity contribution in [3.8, 4) is 0 Å². The van der Waals surface area contributed by atoms with Crippen molar-refractivity contribution in [1.82, 2.24) is 20.4 Å². The van der Waals surface area contributed by atoms with Gasteiger partial charge in [-0.25, -0.2) is 0 Å². The summed E-state index contributed by atoms with van der Waals surface area (Å²) < 4.78 is 5.35. The maximum atomic E-state index is 12.4. The first-order valence-corrected chi connectivity index (χ1v) is 10.8. The second-order valence-corrected chi connectivity index (χ2v) is 8.13. The molecule has 0 aromatic carbocycles. The SMILES string of the molecule is O=C(NCCNC1CCCCCC1)C1CC(=O)N(CCN2CCOCC2)C1. The normalized spacial score (nSPS) is 25.6. The van der Waals surface area contributed by atoms with Gasteiger partial charge in [0.05, 0.1) is 19.1 Å². The van der Waals surface area contributed by atoms with Crippen LogP contribution in [0.25, 0.3) is 0 Å². The molecule has 0 bridgehead atoms. The van der Waals surface area contributed by atoms with Gasteiger partial charge in [-0.05, 0) is 12.8 Å². The maximum Gasteiger partial charge on any atom is 0.225 e. The zero-order valence-electron chi connectivity index (χ0n) is 16.6. The van der Waals surface area contributed by atoms with Gasteiger partial charge in [-0.1, -0.05) is 25.7 Å². The molecule has 1 unspecified atom stereocenters. The lowest BCUT2D eigenvalue weighted by atomic mass is 10.1. The molecule has 2 amide bonds. The van der Waals surface area contributed by atoms with Crippen LogP contribution in [0.4, 0.5) is 0 Å². The monoisotopic (exact) mass is 380 g/mol. The number of likely N-dealkylation sites (tertiary alicyclic amines) is 1. The number of carbonyl (C=O) groups excluding carboxylic acids is 2. The van der Waals surface area contributed by atoms with Gasteiger partial charge >= 0.3 is 0 Å². The predicted octanol–water partition coefficient (Wildman–Crippen LogP) is 0.596. The van der Waals surface area contributed by atoms with Crippen LogP contribution in [-0.2, 0) is 14.3 Å². The first-order valence-electron chi connectivity index (χ1n) is 10.8. The van der Waals surface area contributed by atoms with Crippen LogP contribution < -0.4 is 10.6 Å². The molecular weight excluding hydrogens is 344 g/mol. The molecule has 2 heterocycles. The van der Waals surface area contributed by atoms with Crippen LogP contribution in [0.2, 0.25) is 0 Å². The van der Waals surface area contributed by atoms with Gasteiger partial charge in [0.2, 0.25) is 11.8 Å². The molecule has 3 aliphatic rings. The fraction of sp³-hybridized carbons (Fsp3) is 0.900. The first-order chi connectivity index (χ1) is 13.2. The van der Waals surface area contributed by atoms with E-state index in [1.165, 1.54) is 38.5 Å². The summed E-state index contributed by atoms with van der Waals surface area (Å²) in [4.78, 5) is 28.8. The molecule has 7 nitrogen and oxygen atoms in total. The minimum Gasteiger partial charge on any atom is -0.379 e. The van der Waals surface area contributed by atoms with Crippen LogP contribution in [0.1, 0.15) is 44.9 Å². The summed E-state index contributed by atoms with van der Waals surface area (Å²) >= 11 is 0. The van der Waals surface area contributed by atoms with Crippen LogP contribution in [0.3, 0.4) is 0 Å². The fourth-order valence-electron chi connectivity index (χ4n) is 4.34. The number of carbonyl (C=O) groups is 2. The van der Waals surface area contributed by atoms with E-state index < -0.39 is 0 Å². The second kappa shape index (κ2) is 11.0. The Kier molecular flexibility index (Phi) is 8.35. The van der Waals surface area contributed by atoms with Gasteiger partial charge in [-0.2, -0.15) is 0 Å². The van der Waals surface area contributed by atoms with Gasteiger partial charge in [0, 0.05) is 58.3 Å². The Hall–Kier alpha value is -1.18. The molecule has 1 saturated carbocycles. The minimum atomic E-state index is -0.194. The van der Waals surface area contributed by atoms with E-state index in [0.717, 1.165) is 39.4 Å². The summed E-state index contributed by atoms with van der Waals surface area (Å²) in [5.41, 5.74) is 0. The number of hydrogen-bond donors (Lipinski definition) is 2. The molecule has 0 radical (unpaired) electrons. The van der Waals surface area contributed by atoms with Crippen LogP contribution in [-0.4, -0.2) is 86.7 Å². The average Bonchev–Trinajstić information content (AvgIpc) is 2.89. The summed E-state index contributed by atoms with van der Waals surface area (Å²) in [6.45, 7) is 7.01. The van der Waals surface area contributed by atoms with Crippen molar-refractivity contribution in [1.29, 1.82) is 0 Å². The van der Waals surface area contributed by atoms with Crippen molar-refractivity contribution in [3.63, 3.8) is 0 Å². The standard InChI is InChI=1S/C20H36N4O3/c25-19-15-17(16-24(19)10-9-23-11-13-27-14-12-23)20(26)22-8-7-21-18-5-3-1-2-4-6-18/h17-18,21H,1-16H2,(H,22,26). The highest BCUT2D eigenvalue weighted by atomic mass is 16.5. The minimum absolute atomic E-state index is 0.0277. The van der Waals surface area contributed by atoms with Crippen LogP contribution in [0, 0.1) is 5.92 Å². The lowest BCUT2D eigenvalue weighted by Crippen LogP contribution is -2.42. The maximum absolute atomic E-state index is 12.4. The number of ether oxygens (including phenoxy) is 1. The predicted molar refractivity (Wildman–Crippen MR) is 104 cm³/mol. The number of amides is 2. The van der Waals surface area contributed by atoms with Gasteiger partial charge < -0.3 is 20.3 Å². The molecule has 2 aliphatic heterocycles. The van der Waals surface area contributed by atoms with Crippen molar-refractivity contribution in [3.05, 3.63) is 0 Å². The number of hydrogen-bond acceptors (Lipinski definition) is 5. The Morgan fingerprint density at radius 2 is 1.78 bits per heavy atom. The molecule has 2 N–H and O–H groups in total. The van der Waals surface area contributed by atoms with E-state index in [1.807, 2.05) is 4.90 Å². The highest BCUT2D eigenvalue weighted by molar-refractivity contribution is 5.89. The van der Waals surface area contributed by atoms with Gasteiger partial charge in [0.1, 0.15) is 0 Å². The second-order valence-electron chi connectivity index (χ2n) is 8.13. The van der Waals surface area contributed by atoms with E-state index in [-0.39, 0.29) is 17.7 Å². The molecule has 2 saturated heterocycles. The van der Waals surface area contributed by atoms with Gasteiger partial charge in [0.15, 0.2) is 0 Å². The van der Waals surface area contributed by atoms with Crippen LogP contribution >= 0.6 is 0 Å². The quantitative estimate of drug-likeness (QED) is 0.476. The zero-order valence-corrected chi connectivity index (χ0v) is 16.6. The molecule has 0 spiro atoms. The summed E-state index contributed by atoms with van der Waals surface area (Å²) in [5.74, 6) is -0.0556. The zero-order chi connectivity index (χ0) is 18.9. The summed E-state index contributed by atoms with van der Waals surface area (Å²) in [6.07, 6.45) is 8.19. The molecule has 3 fully saturated rings. The molecule has 154 valence electrons. The Labute approximate surface area is 163 Å². The summed E-state index contributed by atoms with van der Waals surface area (Å²) in [7, 11) is 0. The van der Waals surface area contributed by atoms with Crippen molar-refractivity contribution in [2.45, 2.75) is 51.0 Å². The van der Waals surface area contributed by atoms with Crippen LogP contribution in [0.15, 0.2) is 0 Å². The highest BCUT2D eigenvalue weighted by Gasteiger charge is 2.34. The number of rotatable bonds is 8. The van der Waals surface area contributed by atoms with Crippen molar-refractivity contribution in [2.75, 3.05) is 59.0 Å². The lowest BCUT2D eigenvalue weighted by molar-refractivity contribution is -0.129. The van der Waals surface area contributed by atoms with Gasteiger partial charge in [-0.3, -0.25) is 14.5 Å². The van der Waals surface area contributed by atoms with E-state index in [4.69, 9.17) is 4.74 Å². The van der Waals surface area contributed by atoms with Crippen molar-refractivity contribution < 1.29 is 14.3 Å². The Morgan fingerprint density at radius 1 is 1.04 bits per heavy atom. The number of morpholine rings is 1. The molecule has 1 atom stereocenters. The lowest BCUT2D eigenvalue weighted by Gasteiger charge is -2.28. The third-order valence-electron chi connectivity index (χ3n) is 6.09. The fourth-order valence-corrected chi connectivity index (χ4v) is 4.34. The largest absolute Gasteiger partial charge is 0.379 e. The Balaban J connectivity index is 1.29. The molecular formula is C20H36N4O3. The number of nitrogens with one attached hydrogen (secondary N) is 2. The van der Waals surface area contributed by atoms with Gasteiger partial charge in [-0.15, -0.1) is 0 Å². The topological polar surface area (TPSA) is 73.9 Å². The van der Waals surface area contributed by atoms with E-state index in [9.17, 15) is 9.59 Å². The molecule has 7 heteroatoms. The molecule has 3 rings (SSSR count). The number of nitrogens with zero attached hydrogens (tertiary/aromatic N) is 2. The van der Waals surface area contributed by atoms with E-state index in [0.29, 0.717) is 32.1 Å². The Bertz CT molecular complexity index is 474. The summed E-state index contributed by atoms with van der Waals surface area (Å²) in [5, 5.41) is 6.59. The first kappa shape index (κ1) is 20.6. The summed E-state index contributed by atoms with van der Waals surface area (Å²) in [6, 6.07) is 0.605. The highest BCUT2D eigenvalue weighted by Crippen LogP contribution is 2.18. The van der Waals surface area contributed by atoms with Gasteiger partial charge in [0.25, 0.3) is 0 Å². The smallest absolute Gasteiger partial charge is 0.225 e. The van der Waals surface area contributed by atoms with E-state index >= 15 is 0 Å². The molecule has 27 heavy (non-hydrogen) atoms. The third-order valence-corrected chi connectivity index (χ3v) is 6.09. The molecule has 0 aromatic rings. The van der Waals surface area contributed by atoms with E-state index in [2.05, 4.69) is 15.5 Å². The van der Waals surface area contributed by atoms with Crippen molar-refractivity contribution in [2.24, 2.45) is 5.92 Å². The molecule has 0 aromatic heterocycles. The van der Waals surface area contributed by atoms with E-state index in [1.54, 1.807) is 0 Å². The van der Waals surface area contributed by atoms with Crippen LogP contribution in [0.5, 0.6) is 0 Å². The van der Waals surface area contributed by atoms with Crippen molar-refractivity contribution >= 4 is 11.8 Å². The third kappa shape index (κ3) is 6.73. The Morgan fingerprint density at radius 3 is 2.52 bits per heavy atom. The average molecular weight is 381 g/mol. The molecule has 1 aliphatic carbocycles.